The van der Waals surface area contributed by atoms with E-state index in [4.69, 9.17) is 5.11 Å². The van der Waals surface area contributed by atoms with E-state index in [1.54, 1.807) is 13.0 Å². The van der Waals surface area contributed by atoms with Gasteiger partial charge < -0.3 is 5.11 Å². The quantitative estimate of drug-likeness (QED) is 0.604. The van der Waals surface area contributed by atoms with Crippen LogP contribution in [0.4, 0.5) is 0 Å². The maximum Gasteiger partial charge on any atom is 0.307 e. The van der Waals surface area contributed by atoms with Crippen LogP contribution in [0.2, 0.25) is 0 Å². The summed E-state index contributed by atoms with van der Waals surface area (Å²) in [6, 6.07) is 10.7. The molecule has 1 heterocycles. The fourth-order valence-electron chi connectivity index (χ4n) is 1.77. The Kier molecular flexibility index (Phi) is 4.92. The molecule has 0 radical (unpaired) electrons. The molecule has 7 heteroatoms. The third-order valence-electron chi connectivity index (χ3n) is 2.81. The van der Waals surface area contributed by atoms with Gasteiger partial charge >= 0.3 is 5.97 Å². The van der Waals surface area contributed by atoms with Gasteiger partial charge in [0.2, 0.25) is 0 Å². The Balaban J connectivity index is 2.08. The number of carbonyl (C=O) groups excluding carboxylic acids is 1. The number of amides is 1. The van der Waals surface area contributed by atoms with Gasteiger partial charge in [-0.3, -0.25) is 25.5 Å². The number of nitrogens with zero attached hydrogens (tertiary/aromatic N) is 1. The Morgan fingerprint density at radius 1 is 1.27 bits per heavy atom. The number of aromatic amines is 1. The van der Waals surface area contributed by atoms with Gasteiger partial charge in [-0.05, 0) is 24.6 Å². The van der Waals surface area contributed by atoms with Gasteiger partial charge in [0, 0.05) is 5.69 Å². The molecule has 0 unspecified atom stereocenters. The number of hydrogen-bond donors (Lipinski definition) is 4. The lowest BCUT2D eigenvalue weighted by Crippen LogP contribution is -2.36. The zero-order valence-electron chi connectivity index (χ0n) is 12.0. The van der Waals surface area contributed by atoms with E-state index in [1.165, 1.54) is 6.08 Å². The lowest BCUT2D eigenvalue weighted by Gasteiger charge is -2.11. The van der Waals surface area contributed by atoms with E-state index < -0.39 is 11.9 Å². The fraction of sp³-hybridized carbons (Fsp3) is 0.133. The average Bonchev–Trinajstić information content (AvgIpc) is 2.94. The van der Waals surface area contributed by atoms with E-state index >= 15 is 0 Å². The van der Waals surface area contributed by atoms with E-state index in [0.29, 0.717) is 5.70 Å². The molecule has 2 aromatic rings. The minimum atomic E-state index is -0.954. The molecular weight excluding hydrogens is 284 g/mol. The highest BCUT2D eigenvalue weighted by Gasteiger charge is 2.10. The molecule has 0 saturated carbocycles. The van der Waals surface area contributed by atoms with Gasteiger partial charge in [0.25, 0.3) is 5.91 Å². The lowest BCUT2D eigenvalue weighted by molar-refractivity contribution is -0.136. The van der Waals surface area contributed by atoms with Crippen LogP contribution in [-0.4, -0.2) is 27.2 Å². The Bertz CT molecular complexity index is 692. The zero-order valence-corrected chi connectivity index (χ0v) is 12.0. The second-order valence-corrected chi connectivity index (χ2v) is 4.60. The minimum Gasteiger partial charge on any atom is -0.481 e. The number of aryl methyl sites for hydroxylation is 1. The summed E-state index contributed by atoms with van der Waals surface area (Å²) in [5, 5.41) is 15.3. The SMILES string of the molecule is Cc1cc(C(=O)NN/C(=C/CC(=O)O)c2ccccc2)n[nH]1. The topological polar surface area (TPSA) is 107 Å². The molecule has 7 nitrogen and oxygen atoms in total. The zero-order chi connectivity index (χ0) is 15.9. The van der Waals surface area contributed by atoms with Crippen molar-refractivity contribution in [3.05, 3.63) is 59.4 Å². The average molecular weight is 300 g/mol. The van der Waals surface area contributed by atoms with Crippen LogP contribution in [-0.2, 0) is 4.79 Å². The summed E-state index contributed by atoms with van der Waals surface area (Å²) in [5.41, 5.74) is 7.53. The third-order valence-corrected chi connectivity index (χ3v) is 2.81. The predicted molar refractivity (Wildman–Crippen MR) is 80.6 cm³/mol. The molecule has 0 bridgehead atoms. The van der Waals surface area contributed by atoms with Crippen LogP contribution in [0.1, 0.15) is 28.2 Å². The van der Waals surface area contributed by atoms with Gasteiger partial charge in [-0.1, -0.05) is 30.3 Å². The highest BCUT2D eigenvalue weighted by atomic mass is 16.4. The molecule has 0 aliphatic rings. The van der Waals surface area contributed by atoms with E-state index in [0.717, 1.165) is 11.3 Å². The summed E-state index contributed by atoms with van der Waals surface area (Å²) in [6.07, 6.45) is 1.34. The Labute approximate surface area is 127 Å². The first-order valence-electron chi connectivity index (χ1n) is 6.62. The maximum absolute atomic E-state index is 11.9. The summed E-state index contributed by atoms with van der Waals surface area (Å²) in [7, 11) is 0. The normalized spacial score (nSPS) is 11.0. The first-order chi connectivity index (χ1) is 10.6. The summed E-state index contributed by atoms with van der Waals surface area (Å²) in [5.74, 6) is -1.37. The van der Waals surface area contributed by atoms with Crippen LogP contribution in [0.25, 0.3) is 5.70 Å². The Morgan fingerprint density at radius 2 is 2.00 bits per heavy atom. The van der Waals surface area contributed by atoms with Crippen molar-refractivity contribution in [1.29, 1.82) is 0 Å². The number of benzene rings is 1. The standard InChI is InChI=1S/C15H16N4O3/c1-10-9-13(18-16-10)15(22)19-17-12(7-8-14(20)21)11-5-3-2-4-6-11/h2-7,9,17H,8H2,1H3,(H,16,18)(H,19,22)(H,20,21)/b12-7+. The summed E-state index contributed by atoms with van der Waals surface area (Å²) in [6.45, 7) is 1.79. The third kappa shape index (κ3) is 4.20. The van der Waals surface area contributed by atoms with E-state index in [-0.39, 0.29) is 12.1 Å². The summed E-state index contributed by atoms with van der Waals surface area (Å²) in [4.78, 5) is 22.7. The van der Waals surface area contributed by atoms with Crippen molar-refractivity contribution < 1.29 is 14.7 Å². The van der Waals surface area contributed by atoms with Gasteiger partial charge in [-0.25, -0.2) is 0 Å². The highest BCUT2D eigenvalue weighted by molar-refractivity contribution is 5.92. The number of rotatable bonds is 6. The number of carbonyl (C=O) groups is 2. The van der Waals surface area contributed by atoms with Crippen molar-refractivity contribution in [3.63, 3.8) is 0 Å². The van der Waals surface area contributed by atoms with Gasteiger partial charge in [-0.2, -0.15) is 5.10 Å². The highest BCUT2D eigenvalue weighted by Crippen LogP contribution is 2.11. The lowest BCUT2D eigenvalue weighted by atomic mass is 10.1. The second kappa shape index (κ2) is 7.07. The molecule has 1 aromatic carbocycles. The van der Waals surface area contributed by atoms with Gasteiger partial charge in [0.1, 0.15) is 0 Å². The maximum atomic E-state index is 11.9. The van der Waals surface area contributed by atoms with Gasteiger partial charge in [-0.15, -0.1) is 0 Å². The predicted octanol–water partition coefficient (Wildman–Crippen LogP) is 1.47. The number of hydrazine groups is 1. The smallest absolute Gasteiger partial charge is 0.307 e. The summed E-state index contributed by atoms with van der Waals surface area (Å²) >= 11 is 0. The molecule has 0 aliphatic carbocycles. The summed E-state index contributed by atoms with van der Waals surface area (Å²) < 4.78 is 0. The van der Waals surface area contributed by atoms with Crippen molar-refractivity contribution >= 4 is 17.6 Å². The molecule has 0 saturated heterocycles. The monoisotopic (exact) mass is 300 g/mol. The number of carboxylic acid groups (broad SMARTS) is 1. The first kappa shape index (κ1) is 15.3. The molecule has 114 valence electrons. The van der Waals surface area contributed by atoms with E-state index in [9.17, 15) is 9.59 Å². The van der Waals surface area contributed by atoms with Crippen molar-refractivity contribution in [2.75, 3.05) is 0 Å². The van der Waals surface area contributed by atoms with Crippen LogP contribution in [0.5, 0.6) is 0 Å². The van der Waals surface area contributed by atoms with Crippen molar-refractivity contribution in [3.8, 4) is 0 Å². The minimum absolute atomic E-state index is 0.158. The molecule has 4 N–H and O–H groups in total. The molecular formula is C15H16N4O3. The number of aliphatic carboxylic acids is 1. The van der Waals surface area contributed by atoms with Crippen LogP contribution in [0, 0.1) is 6.92 Å². The molecule has 0 atom stereocenters. The van der Waals surface area contributed by atoms with Crippen LogP contribution in [0.15, 0.2) is 42.5 Å². The Morgan fingerprint density at radius 3 is 2.59 bits per heavy atom. The molecule has 0 spiro atoms. The van der Waals surface area contributed by atoms with Gasteiger partial charge in [0.15, 0.2) is 5.69 Å². The second-order valence-electron chi connectivity index (χ2n) is 4.60. The first-order valence-corrected chi connectivity index (χ1v) is 6.62. The molecule has 0 aliphatic heterocycles. The van der Waals surface area contributed by atoms with Crippen molar-refractivity contribution in [2.45, 2.75) is 13.3 Å². The van der Waals surface area contributed by atoms with Crippen LogP contribution >= 0.6 is 0 Å². The number of H-pyrrole nitrogens is 1. The number of nitrogens with one attached hydrogen (secondary N) is 3. The van der Waals surface area contributed by atoms with Crippen LogP contribution in [0.3, 0.4) is 0 Å². The van der Waals surface area contributed by atoms with E-state index in [1.807, 2.05) is 30.3 Å². The number of aromatic nitrogens is 2. The Hall–Kier alpha value is -3.09. The van der Waals surface area contributed by atoms with Crippen molar-refractivity contribution in [2.24, 2.45) is 0 Å². The molecule has 1 amide bonds. The molecule has 0 fully saturated rings. The fourth-order valence-corrected chi connectivity index (χ4v) is 1.77. The largest absolute Gasteiger partial charge is 0.481 e. The van der Waals surface area contributed by atoms with Gasteiger partial charge in [0.05, 0.1) is 12.1 Å². The molecule has 1 aromatic heterocycles. The van der Waals surface area contributed by atoms with E-state index in [2.05, 4.69) is 21.0 Å². The number of hydrogen-bond acceptors (Lipinski definition) is 4. The van der Waals surface area contributed by atoms with Crippen LogP contribution < -0.4 is 10.9 Å². The van der Waals surface area contributed by atoms with Crippen molar-refractivity contribution in [1.82, 2.24) is 21.0 Å². The number of carboxylic acids is 1. The molecule has 22 heavy (non-hydrogen) atoms. The molecule has 2 rings (SSSR count).